The molecule has 0 spiro atoms. The minimum atomic E-state index is -2.65. The zero-order valence-corrected chi connectivity index (χ0v) is 11.0. The molecule has 1 atom stereocenters. The molecule has 0 aliphatic carbocycles. The number of alkyl halides is 2. The molecular formula is C13H16F2N4O. The Morgan fingerprint density at radius 3 is 3.10 bits per heavy atom. The van der Waals surface area contributed by atoms with Crippen molar-refractivity contribution in [1.29, 1.82) is 0 Å². The maximum atomic E-state index is 13.3. The van der Waals surface area contributed by atoms with Gasteiger partial charge in [0.1, 0.15) is 12.4 Å². The summed E-state index contributed by atoms with van der Waals surface area (Å²) in [5, 5.41) is 3.08. The first-order valence-corrected chi connectivity index (χ1v) is 6.76. The number of likely N-dealkylation sites (tertiary alicyclic amines) is 1. The lowest BCUT2D eigenvalue weighted by molar-refractivity contribution is -0.133. The van der Waals surface area contributed by atoms with E-state index in [4.69, 9.17) is 0 Å². The molecule has 0 aromatic carbocycles. The Hall–Kier alpha value is -1.63. The van der Waals surface area contributed by atoms with Crippen LogP contribution in [0, 0.1) is 0 Å². The van der Waals surface area contributed by atoms with Crippen molar-refractivity contribution < 1.29 is 13.6 Å². The van der Waals surface area contributed by atoms with E-state index >= 15 is 0 Å². The highest BCUT2D eigenvalue weighted by Gasteiger charge is 2.37. The first kappa shape index (κ1) is 13.4. The molecule has 3 heterocycles. The molecule has 2 aliphatic rings. The Morgan fingerprint density at radius 2 is 2.25 bits per heavy atom. The van der Waals surface area contributed by atoms with E-state index in [9.17, 15) is 13.6 Å². The zero-order chi connectivity index (χ0) is 14.2. The number of nitrogens with zero attached hydrogens (tertiary/aromatic N) is 3. The molecule has 1 aromatic rings. The van der Waals surface area contributed by atoms with Crippen molar-refractivity contribution in [3.8, 4) is 0 Å². The van der Waals surface area contributed by atoms with E-state index in [1.807, 2.05) is 0 Å². The number of nitrogens with one attached hydrogen (secondary N) is 1. The largest absolute Gasteiger partial charge is 0.341 e. The number of hydrogen-bond acceptors (Lipinski definition) is 4. The Balaban J connectivity index is 1.74. The van der Waals surface area contributed by atoms with Crippen LogP contribution in [0.2, 0.25) is 0 Å². The summed E-state index contributed by atoms with van der Waals surface area (Å²) in [7, 11) is 0. The third-order valence-electron chi connectivity index (χ3n) is 3.89. The van der Waals surface area contributed by atoms with Gasteiger partial charge in [-0.25, -0.2) is 18.7 Å². The molecule has 0 radical (unpaired) electrons. The Bertz CT molecular complexity index is 523. The summed E-state index contributed by atoms with van der Waals surface area (Å²) in [4.78, 5) is 22.1. The lowest BCUT2D eigenvalue weighted by Gasteiger charge is -2.24. The van der Waals surface area contributed by atoms with E-state index < -0.39 is 12.0 Å². The van der Waals surface area contributed by atoms with Gasteiger partial charge in [0.05, 0.1) is 5.69 Å². The summed E-state index contributed by atoms with van der Waals surface area (Å²) in [5.41, 5.74) is 1.56. The van der Waals surface area contributed by atoms with Crippen molar-refractivity contribution in [1.82, 2.24) is 20.2 Å². The highest BCUT2D eigenvalue weighted by atomic mass is 19.3. The fourth-order valence-electron chi connectivity index (χ4n) is 2.75. The second-order valence-corrected chi connectivity index (χ2v) is 5.27. The van der Waals surface area contributed by atoms with E-state index in [2.05, 4.69) is 15.3 Å². The average molecular weight is 282 g/mol. The number of fused-ring (bicyclic) bond motifs is 1. The van der Waals surface area contributed by atoms with Crippen LogP contribution in [0.3, 0.4) is 0 Å². The molecule has 0 saturated carbocycles. The summed E-state index contributed by atoms with van der Waals surface area (Å²) in [6, 6.07) is -0.502. The van der Waals surface area contributed by atoms with Gasteiger partial charge in [-0.1, -0.05) is 0 Å². The SMILES string of the molecule is O=C(C1NCc2ncncc21)N1CCCC(F)(F)CC1. The van der Waals surface area contributed by atoms with Crippen LogP contribution < -0.4 is 5.32 Å². The number of carbonyl (C=O) groups is 1. The third kappa shape index (κ3) is 2.49. The van der Waals surface area contributed by atoms with Crippen molar-refractivity contribution in [2.75, 3.05) is 13.1 Å². The highest BCUT2D eigenvalue weighted by molar-refractivity contribution is 5.84. The molecule has 1 amide bonds. The predicted octanol–water partition coefficient (Wildman–Crippen LogP) is 1.27. The standard InChI is InChI=1S/C13H16F2N4O/c14-13(15)2-1-4-19(5-3-13)12(20)11-9-6-16-8-18-10(9)7-17-11/h6,8,11,17H,1-5,7H2. The van der Waals surface area contributed by atoms with Gasteiger partial charge in [0.15, 0.2) is 0 Å². The molecule has 1 unspecified atom stereocenters. The summed E-state index contributed by atoms with van der Waals surface area (Å²) in [6.45, 7) is 1.00. The first-order valence-electron chi connectivity index (χ1n) is 6.76. The number of carbonyl (C=O) groups excluding carboxylic acids is 1. The Morgan fingerprint density at radius 1 is 1.40 bits per heavy atom. The minimum absolute atomic E-state index is 0.104. The van der Waals surface area contributed by atoms with Crippen molar-refractivity contribution in [2.45, 2.75) is 37.8 Å². The Labute approximate surface area is 115 Å². The van der Waals surface area contributed by atoms with Gasteiger partial charge in [0.2, 0.25) is 11.8 Å². The number of amides is 1. The molecule has 2 aliphatic heterocycles. The molecule has 7 heteroatoms. The maximum Gasteiger partial charge on any atom is 0.249 e. The number of halogens is 2. The van der Waals surface area contributed by atoms with Gasteiger partial charge in [-0.2, -0.15) is 0 Å². The Kier molecular flexibility index (Phi) is 3.37. The van der Waals surface area contributed by atoms with E-state index in [-0.39, 0.29) is 25.3 Å². The zero-order valence-electron chi connectivity index (χ0n) is 11.0. The van der Waals surface area contributed by atoms with Gasteiger partial charge in [-0.15, -0.1) is 0 Å². The quantitative estimate of drug-likeness (QED) is 0.842. The highest BCUT2D eigenvalue weighted by Crippen LogP contribution is 2.30. The normalized spacial score (nSPS) is 25.1. The van der Waals surface area contributed by atoms with Gasteiger partial charge >= 0.3 is 0 Å². The monoisotopic (exact) mass is 282 g/mol. The van der Waals surface area contributed by atoms with Crippen LogP contribution in [0.15, 0.2) is 12.5 Å². The minimum Gasteiger partial charge on any atom is -0.341 e. The second kappa shape index (κ2) is 5.05. The van der Waals surface area contributed by atoms with Gasteiger partial charge in [-0.3, -0.25) is 10.1 Å². The van der Waals surface area contributed by atoms with Crippen LogP contribution in [0.4, 0.5) is 8.78 Å². The van der Waals surface area contributed by atoms with Gasteiger partial charge < -0.3 is 4.90 Å². The van der Waals surface area contributed by atoms with Crippen LogP contribution in [0.5, 0.6) is 0 Å². The fourth-order valence-corrected chi connectivity index (χ4v) is 2.75. The molecular weight excluding hydrogens is 266 g/mol. The van der Waals surface area contributed by atoms with E-state index in [1.54, 1.807) is 6.20 Å². The van der Waals surface area contributed by atoms with Crippen LogP contribution in [-0.2, 0) is 11.3 Å². The molecule has 1 saturated heterocycles. The van der Waals surface area contributed by atoms with E-state index in [0.29, 0.717) is 19.5 Å². The average Bonchev–Trinajstić information content (AvgIpc) is 2.77. The number of rotatable bonds is 1. The maximum absolute atomic E-state index is 13.3. The summed E-state index contributed by atoms with van der Waals surface area (Å²) < 4.78 is 26.7. The number of aromatic nitrogens is 2. The van der Waals surface area contributed by atoms with E-state index in [0.717, 1.165) is 11.3 Å². The molecule has 1 aromatic heterocycles. The first-order chi connectivity index (χ1) is 9.57. The molecule has 1 fully saturated rings. The van der Waals surface area contributed by atoms with Crippen molar-refractivity contribution in [3.05, 3.63) is 23.8 Å². The molecule has 20 heavy (non-hydrogen) atoms. The lowest BCUT2D eigenvalue weighted by atomic mass is 10.1. The predicted molar refractivity (Wildman–Crippen MR) is 67.0 cm³/mol. The molecule has 5 nitrogen and oxygen atoms in total. The van der Waals surface area contributed by atoms with E-state index in [1.165, 1.54) is 11.2 Å². The summed E-state index contributed by atoms with van der Waals surface area (Å²) >= 11 is 0. The van der Waals surface area contributed by atoms with Crippen LogP contribution >= 0.6 is 0 Å². The molecule has 108 valence electrons. The molecule has 0 bridgehead atoms. The van der Waals surface area contributed by atoms with Crippen LogP contribution in [0.1, 0.15) is 36.6 Å². The fraction of sp³-hybridized carbons (Fsp3) is 0.615. The second-order valence-electron chi connectivity index (χ2n) is 5.27. The van der Waals surface area contributed by atoms with Crippen LogP contribution in [-0.4, -0.2) is 39.8 Å². The lowest BCUT2D eigenvalue weighted by Crippen LogP contribution is -2.39. The molecule has 3 rings (SSSR count). The third-order valence-corrected chi connectivity index (χ3v) is 3.89. The smallest absolute Gasteiger partial charge is 0.249 e. The van der Waals surface area contributed by atoms with Gasteiger partial charge in [0, 0.05) is 44.2 Å². The molecule has 1 N–H and O–H groups in total. The van der Waals surface area contributed by atoms with Gasteiger partial charge in [-0.05, 0) is 6.42 Å². The summed E-state index contributed by atoms with van der Waals surface area (Å²) in [5.74, 6) is -2.81. The van der Waals surface area contributed by atoms with Crippen molar-refractivity contribution in [3.63, 3.8) is 0 Å². The number of hydrogen-bond donors (Lipinski definition) is 1. The topological polar surface area (TPSA) is 58.1 Å². The van der Waals surface area contributed by atoms with Crippen LogP contribution in [0.25, 0.3) is 0 Å². The summed E-state index contributed by atoms with van der Waals surface area (Å²) in [6.07, 6.45) is 3.00. The van der Waals surface area contributed by atoms with Crippen molar-refractivity contribution in [2.24, 2.45) is 0 Å². The van der Waals surface area contributed by atoms with Crippen molar-refractivity contribution >= 4 is 5.91 Å². The van der Waals surface area contributed by atoms with Gasteiger partial charge in [0.25, 0.3) is 0 Å².